The summed E-state index contributed by atoms with van der Waals surface area (Å²) in [6.07, 6.45) is 0.817. The predicted octanol–water partition coefficient (Wildman–Crippen LogP) is 5.42. The van der Waals surface area contributed by atoms with E-state index < -0.39 is 0 Å². The summed E-state index contributed by atoms with van der Waals surface area (Å²) >= 11 is 2.52. The molecule has 2 N–H and O–H groups in total. The Kier molecular flexibility index (Phi) is 7.49. The Labute approximate surface area is 200 Å². The van der Waals surface area contributed by atoms with Gasteiger partial charge in [0, 0.05) is 11.3 Å². The summed E-state index contributed by atoms with van der Waals surface area (Å²) < 4.78 is 0.614. The third-order valence-corrected chi connectivity index (χ3v) is 6.69. The molecule has 33 heavy (non-hydrogen) atoms. The Morgan fingerprint density at radius 1 is 0.879 bits per heavy atom. The molecule has 0 bridgehead atoms. The van der Waals surface area contributed by atoms with Crippen molar-refractivity contribution < 1.29 is 9.59 Å². The number of hydrogen-bond donors (Lipinski definition) is 2. The summed E-state index contributed by atoms with van der Waals surface area (Å²) in [5, 5.41) is 14.1. The molecule has 6 nitrogen and oxygen atoms in total. The minimum absolute atomic E-state index is 0.123. The van der Waals surface area contributed by atoms with Gasteiger partial charge >= 0.3 is 0 Å². The molecule has 4 rings (SSSR count). The number of carbonyl (C=O) groups is 2. The van der Waals surface area contributed by atoms with E-state index in [1.165, 1.54) is 28.7 Å². The molecule has 0 spiro atoms. The van der Waals surface area contributed by atoms with Gasteiger partial charge in [0.1, 0.15) is 0 Å². The zero-order chi connectivity index (χ0) is 23.0. The Balaban J connectivity index is 1.27. The number of aryl methyl sites for hydroxylation is 1. The zero-order valence-electron chi connectivity index (χ0n) is 17.9. The van der Waals surface area contributed by atoms with Gasteiger partial charge in [-0.1, -0.05) is 77.7 Å². The van der Waals surface area contributed by atoms with Crippen LogP contribution in [0.2, 0.25) is 0 Å². The van der Waals surface area contributed by atoms with Crippen molar-refractivity contribution in [2.45, 2.75) is 17.7 Å². The third-order valence-electron chi connectivity index (χ3n) is 4.72. The molecule has 166 valence electrons. The molecular weight excluding hydrogens is 452 g/mol. The second-order valence-electron chi connectivity index (χ2n) is 7.39. The Morgan fingerprint density at radius 2 is 1.64 bits per heavy atom. The van der Waals surface area contributed by atoms with Crippen molar-refractivity contribution in [3.63, 3.8) is 0 Å². The second-order valence-corrected chi connectivity index (χ2v) is 9.59. The highest BCUT2D eigenvalue weighted by atomic mass is 32.2. The van der Waals surface area contributed by atoms with Gasteiger partial charge in [0.2, 0.25) is 11.0 Å². The second kappa shape index (κ2) is 10.9. The molecule has 0 aliphatic heterocycles. The first kappa shape index (κ1) is 22.7. The molecule has 1 heterocycles. The molecule has 1 aromatic heterocycles. The van der Waals surface area contributed by atoms with Gasteiger partial charge in [0.05, 0.1) is 5.75 Å². The van der Waals surface area contributed by atoms with E-state index in [0.717, 1.165) is 23.2 Å². The molecule has 0 saturated carbocycles. The molecule has 4 aromatic rings. The van der Waals surface area contributed by atoms with Crippen LogP contribution in [0.5, 0.6) is 0 Å². The lowest BCUT2D eigenvalue weighted by molar-refractivity contribution is -0.113. The van der Waals surface area contributed by atoms with Crippen LogP contribution in [0, 0.1) is 6.92 Å². The van der Waals surface area contributed by atoms with Crippen LogP contribution >= 0.6 is 23.1 Å². The van der Waals surface area contributed by atoms with Crippen molar-refractivity contribution in [2.75, 3.05) is 16.4 Å². The maximum Gasteiger partial charge on any atom is 0.257 e. The first-order chi connectivity index (χ1) is 16.0. The highest BCUT2D eigenvalue weighted by molar-refractivity contribution is 8.01. The van der Waals surface area contributed by atoms with E-state index in [1.54, 1.807) is 12.1 Å². The van der Waals surface area contributed by atoms with E-state index in [1.807, 2.05) is 61.5 Å². The Bertz CT molecular complexity index is 1240. The van der Waals surface area contributed by atoms with Gasteiger partial charge in [0.15, 0.2) is 4.34 Å². The fraction of sp³-hybridized carbons (Fsp3) is 0.120. The molecule has 0 atom stereocenters. The fourth-order valence-corrected chi connectivity index (χ4v) is 4.69. The molecule has 0 fully saturated rings. The van der Waals surface area contributed by atoms with Crippen LogP contribution < -0.4 is 10.6 Å². The molecule has 0 radical (unpaired) electrons. The van der Waals surface area contributed by atoms with Crippen LogP contribution in [0.3, 0.4) is 0 Å². The maximum absolute atomic E-state index is 12.5. The molecule has 0 unspecified atom stereocenters. The minimum Gasteiger partial charge on any atom is -0.325 e. The number of anilines is 2. The standard InChI is InChI=1S/C25H22N4O2S2/c1-17-6-5-9-21(14-17)26-22(30)16-32-25-29-28-24(33-25)27-23(31)20-12-10-19(11-13-20)15-18-7-3-2-4-8-18/h2-14H,15-16H2,1H3,(H,26,30)(H,27,28,31). The van der Waals surface area contributed by atoms with Crippen LogP contribution in [0.25, 0.3) is 0 Å². The van der Waals surface area contributed by atoms with Crippen molar-refractivity contribution >= 4 is 45.7 Å². The normalized spacial score (nSPS) is 10.6. The average Bonchev–Trinajstić information content (AvgIpc) is 3.26. The van der Waals surface area contributed by atoms with Gasteiger partial charge in [0.25, 0.3) is 5.91 Å². The highest BCUT2D eigenvalue weighted by Gasteiger charge is 2.12. The van der Waals surface area contributed by atoms with Gasteiger partial charge in [-0.15, -0.1) is 10.2 Å². The number of benzene rings is 3. The largest absolute Gasteiger partial charge is 0.325 e. The minimum atomic E-state index is -0.244. The van der Waals surface area contributed by atoms with Gasteiger partial charge in [-0.2, -0.15) is 0 Å². The molecule has 0 aliphatic carbocycles. The van der Waals surface area contributed by atoms with E-state index in [0.29, 0.717) is 15.0 Å². The number of rotatable bonds is 8. The van der Waals surface area contributed by atoms with E-state index >= 15 is 0 Å². The smallest absolute Gasteiger partial charge is 0.257 e. The number of amides is 2. The number of aromatic nitrogens is 2. The lowest BCUT2D eigenvalue weighted by Crippen LogP contribution is -2.13. The van der Waals surface area contributed by atoms with Gasteiger partial charge in [-0.05, 0) is 54.3 Å². The summed E-state index contributed by atoms with van der Waals surface area (Å²) in [4.78, 5) is 24.7. The van der Waals surface area contributed by atoms with Crippen LogP contribution in [0.1, 0.15) is 27.0 Å². The van der Waals surface area contributed by atoms with Crippen LogP contribution in [-0.2, 0) is 11.2 Å². The number of nitrogens with zero attached hydrogens (tertiary/aromatic N) is 2. The first-order valence-corrected chi connectivity index (χ1v) is 12.1. The van der Waals surface area contributed by atoms with E-state index in [4.69, 9.17) is 0 Å². The highest BCUT2D eigenvalue weighted by Crippen LogP contribution is 2.26. The van der Waals surface area contributed by atoms with Crippen molar-refractivity contribution in [1.82, 2.24) is 10.2 Å². The van der Waals surface area contributed by atoms with Crippen LogP contribution in [0.15, 0.2) is 83.2 Å². The topological polar surface area (TPSA) is 84.0 Å². The van der Waals surface area contributed by atoms with Crippen LogP contribution in [-0.4, -0.2) is 27.8 Å². The molecule has 0 saturated heterocycles. The summed E-state index contributed by atoms with van der Waals surface area (Å²) in [5.74, 6) is -0.160. The molecule has 2 amide bonds. The van der Waals surface area contributed by atoms with Gasteiger partial charge in [-0.3, -0.25) is 14.9 Å². The van der Waals surface area contributed by atoms with Crippen molar-refractivity contribution in [2.24, 2.45) is 0 Å². The SMILES string of the molecule is Cc1cccc(NC(=O)CSc2nnc(NC(=O)c3ccc(Cc4ccccc4)cc3)s2)c1. The fourth-order valence-electron chi connectivity index (χ4n) is 3.14. The average molecular weight is 475 g/mol. The lowest BCUT2D eigenvalue weighted by atomic mass is 10.0. The van der Waals surface area contributed by atoms with Gasteiger partial charge < -0.3 is 5.32 Å². The van der Waals surface area contributed by atoms with Crippen molar-refractivity contribution in [3.05, 3.63) is 101 Å². The summed E-state index contributed by atoms with van der Waals surface area (Å²) in [6, 6.07) is 25.3. The summed E-state index contributed by atoms with van der Waals surface area (Å²) in [7, 11) is 0. The third kappa shape index (κ3) is 6.74. The van der Waals surface area contributed by atoms with E-state index in [2.05, 4.69) is 33.0 Å². The monoisotopic (exact) mass is 474 g/mol. The number of nitrogens with one attached hydrogen (secondary N) is 2. The van der Waals surface area contributed by atoms with Crippen LogP contribution in [0.4, 0.5) is 10.8 Å². The Hall–Kier alpha value is -3.49. The zero-order valence-corrected chi connectivity index (χ0v) is 19.6. The number of hydrogen-bond acceptors (Lipinski definition) is 6. The molecule has 8 heteroatoms. The molecular formula is C25H22N4O2S2. The van der Waals surface area contributed by atoms with Crippen molar-refractivity contribution in [3.8, 4) is 0 Å². The summed E-state index contributed by atoms with van der Waals surface area (Å²) in [6.45, 7) is 1.97. The first-order valence-electron chi connectivity index (χ1n) is 10.3. The predicted molar refractivity (Wildman–Crippen MR) is 134 cm³/mol. The molecule has 3 aromatic carbocycles. The quantitative estimate of drug-likeness (QED) is 0.263. The number of thioether (sulfide) groups is 1. The summed E-state index contributed by atoms with van der Waals surface area (Å²) in [5.41, 5.74) is 4.75. The number of carbonyl (C=O) groups excluding carboxylic acids is 2. The van der Waals surface area contributed by atoms with E-state index in [-0.39, 0.29) is 17.6 Å². The maximum atomic E-state index is 12.5. The van der Waals surface area contributed by atoms with E-state index in [9.17, 15) is 9.59 Å². The van der Waals surface area contributed by atoms with Crippen molar-refractivity contribution in [1.29, 1.82) is 0 Å². The Morgan fingerprint density at radius 3 is 2.39 bits per heavy atom. The lowest BCUT2D eigenvalue weighted by Gasteiger charge is -2.05. The molecule has 0 aliphatic rings. The van der Waals surface area contributed by atoms with Gasteiger partial charge in [-0.25, -0.2) is 0 Å².